The molecule has 2 amide bonds. The Kier molecular flexibility index (Phi) is 11.7. The summed E-state index contributed by atoms with van der Waals surface area (Å²) < 4.78 is 38.5. The normalized spacial score (nSPS) is 19.6. The van der Waals surface area contributed by atoms with Gasteiger partial charge < -0.3 is 30.3 Å². The molecule has 2 saturated heterocycles. The van der Waals surface area contributed by atoms with E-state index >= 15 is 0 Å². The van der Waals surface area contributed by atoms with E-state index in [4.69, 9.17) is 32.1 Å². The average molecular weight is 739 g/mol. The van der Waals surface area contributed by atoms with Crippen molar-refractivity contribution in [2.75, 3.05) is 26.2 Å². The molecule has 2 aromatic carbocycles. The third-order valence-electron chi connectivity index (χ3n) is 10.0. The zero-order valence-electron chi connectivity index (χ0n) is 29.6. The molecule has 4 N–H and O–H groups in total. The average Bonchev–Trinajstić information content (AvgIpc) is 3.63. The summed E-state index contributed by atoms with van der Waals surface area (Å²) in [5, 5.41) is 8.46. The Bertz CT molecular complexity index is 1880. The Morgan fingerprint density at radius 3 is 2.08 bits per heavy atom. The molecular formula is C37H45ClF2N8O4. The van der Waals surface area contributed by atoms with Crippen LogP contribution in [-0.2, 0) is 9.59 Å². The van der Waals surface area contributed by atoms with Gasteiger partial charge in [0.05, 0.1) is 41.1 Å². The lowest BCUT2D eigenvalue weighted by molar-refractivity contribution is -0.133. The Hall–Kier alpha value is -4.27. The van der Waals surface area contributed by atoms with Crippen LogP contribution in [0.1, 0.15) is 80.2 Å². The number of likely N-dealkylation sites (tertiary alicyclic amines) is 2. The Balaban J connectivity index is 0.000000181. The van der Waals surface area contributed by atoms with E-state index in [1.54, 1.807) is 24.0 Å². The van der Waals surface area contributed by atoms with Crippen molar-refractivity contribution in [1.29, 1.82) is 0 Å². The van der Waals surface area contributed by atoms with Gasteiger partial charge in [0.2, 0.25) is 35.2 Å². The van der Waals surface area contributed by atoms with Gasteiger partial charge in [-0.3, -0.25) is 9.59 Å². The molecule has 3 fully saturated rings. The highest BCUT2D eigenvalue weighted by Crippen LogP contribution is 2.40. The molecule has 2 aliphatic heterocycles. The highest BCUT2D eigenvalue weighted by molar-refractivity contribution is 6.33. The minimum atomic E-state index is -1.00. The molecule has 4 aromatic rings. The van der Waals surface area contributed by atoms with Crippen LogP contribution >= 0.6 is 11.6 Å². The number of carbonyl (C=O) groups excluding carboxylic acids is 2. The number of carbonyl (C=O) groups is 2. The van der Waals surface area contributed by atoms with Crippen molar-refractivity contribution in [2.24, 2.45) is 17.4 Å². The van der Waals surface area contributed by atoms with Crippen LogP contribution in [0, 0.1) is 25.6 Å². The molecular weight excluding hydrogens is 694 g/mol. The first-order valence-corrected chi connectivity index (χ1v) is 18.2. The molecule has 1 aliphatic carbocycles. The topological polar surface area (TPSA) is 170 Å². The third kappa shape index (κ3) is 8.67. The van der Waals surface area contributed by atoms with E-state index in [-0.39, 0.29) is 41.6 Å². The summed E-state index contributed by atoms with van der Waals surface area (Å²) in [6.07, 6.45) is 4.19. The highest BCUT2D eigenvalue weighted by Gasteiger charge is 2.39. The van der Waals surface area contributed by atoms with E-state index in [1.807, 2.05) is 32.0 Å². The first-order chi connectivity index (χ1) is 24.9. The quantitative estimate of drug-likeness (QED) is 0.205. The van der Waals surface area contributed by atoms with Crippen LogP contribution in [0.25, 0.3) is 22.8 Å². The van der Waals surface area contributed by atoms with Crippen LogP contribution in [0.5, 0.6) is 0 Å². The number of amides is 2. The van der Waals surface area contributed by atoms with Crippen LogP contribution in [0.15, 0.2) is 45.4 Å². The Morgan fingerprint density at radius 1 is 0.865 bits per heavy atom. The fourth-order valence-electron chi connectivity index (χ4n) is 6.56. The second-order valence-corrected chi connectivity index (χ2v) is 14.6. The number of alkyl halides is 1. The van der Waals surface area contributed by atoms with Crippen LogP contribution in [0.2, 0.25) is 5.02 Å². The summed E-state index contributed by atoms with van der Waals surface area (Å²) in [5.41, 5.74) is 15.2. The number of nitrogens with two attached hydrogens (primary N) is 2. The lowest BCUT2D eigenvalue weighted by Crippen LogP contribution is -2.46. The summed E-state index contributed by atoms with van der Waals surface area (Å²) >= 11 is 6.24. The van der Waals surface area contributed by atoms with E-state index < -0.39 is 30.0 Å². The van der Waals surface area contributed by atoms with E-state index in [2.05, 4.69) is 20.3 Å². The SMILES string of the molecule is Cc1ccc(-c2noc([C@@H](C)[C@H](N)C(=O)N3CCCC3)n2)c(Cl)c1.Cc1ccc(-c2noc([C@@H](CC3CC3)[C@H](N)C(=O)N3CC[C@H](F)C3)n2)c(F)c1. The van der Waals surface area contributed by atoms with Gasteiger partial charge >= 0.3 is 0 Å². The molecule has 4 heterocycles. The Morgan fingerprint density at radius 2 is 1.46 bits per heavy atom. The van der Waals surface area contributed by atoms with Crippen molar-refractivity contribution in [3.05, 3.63) is 70.1 Å². The van der Waals surface area contributed by atoms with Gasteiger partial charge in [0.15, 0.2) is 0 Å². The zero-order chi connectivity index (χ0) is 37.1. The molecule has 2 aromatic heterocycles. The fourth-order valence-corrected chi connectivity index (χ4v) is 6.88. The molecule has 0 radical (unpaired) electrons. The lowest BCUT2D eigenvalue weighted by atomic mass is 9.93. The van der Waals surface area contributed by atoms with E-state index in [0.717, 1.165) is 49.9 Å². The predicted molar refractivity (Wildman–Crippen MR) is 190 cm³/mol. The monoisotopic (exact) mass is 738 g/mol. The molecule has 0 unspecified atom stereocenters. The number of benzene rings is 2. The second kappa shape index (κ2) is 16.2. The van der Waals surface area contributed by atoms with Crippen LogP contribution in [0.3, 0.4) is 0 Å². The number of nitrogens with zero attached hydrogens (tertiary/aromatic N) is 6. The van der Waals surface area contributed by atoms with Gasteiger partial charge in [0.25, 0.3) is 0 Å². The van der Waals surface area contributed by atoms with Crippen molar-refractivity contribution >= 4 is 23.4 Å². The molecule has 7 rings (SSSR count). The van der Waals surface area contributed by atoms with Crippen molar-refractivity contribution in [3.63, 3.8) is 0 Å². The van der Waals surface area contributed by atoms with Gasteiger partial charge in [0, 0.05) is 25.2 Å². The molecule has 1 saturated carbocycles. The fraction of sp³-hybridized carbons (Fsp3) is 0.514. The van der Waals surface area contributed by atoms with Crippen LogP contribution in [-0.4, -0.2) is 86.3 Å². The first-order valence-electron chi connectivity index (χ1n) is 17.8. The largest absolute Gasteiger partial charge is 0.341 e. The van der Waals surface area contributed by atoms with Crippen molar-refractivity contribution < 1.29 is 27.4 Å². The van der Waals surface area contributed by atoms with Gasteiger partial charge in [-0.25, -0.2) is 8.78 Å². The summed E-state index contributed by atoms with van der Waals surface area (Å²) in [4.78, 5) is 37.2. The van der Waals surface area contributed by atoms with Crippen molar-refractivity contribution in [2.45, 2.75) is 89.4 Å². The first kappa shape index (κ1) is 37.5. The number of rotatable bonds is 10. The van der Waals surface area contributed by atoms with E-state index in [0.29, 0.717) is 47.6 Å². The molecule has 5 atom stereocenters. The summed E-state index contributed by atoms with van der Waals surface area (Å²) in [6, 6.07) is 8.84. The zero-order valence-corrected chi connectivity index (χ0v) is 30.4. The lowest BCUT2D eigenvalue weighted by Gasteiger charge is -2.25. The molecule has 0 bridgehead atoms. The number of aryl methyl sites for hydroxylation is 2. The maximum atomic E-state index is 14.3. The second-order valence-electron chi connectivity index (χ2n) is 14.2. The number of halogens is 3. The summed E-state index contributed by atoms with van der Waals surface area (Å²) in [5.74, 6) is -0.0291. The predicted octanol–water partition coefficient (Wildman–Crippen LogP) is 5.72. The van der Waals surface area contributed by atoms with Gasteiger partial charge in [-0.05, 0) is 80.8 Å². The molecule has 3 aliphatic rings. The third-order valence-corrected chi connectivity index (χ3v) is 10.3. The number of hydrogen-bond donors (Lipinski definition) is 2. The van der Waals surface area contributed by atoms with Gasteiger partial charge in [-0.2, -0.15) is 9.97 Å². The van der Waals surface area contributed by atoms with Crippen LogP contribution in [0.4, 0.5) is 8.78 Å². The summed E-state index contributed by atoms with van der Waals surface area (Å²) in [6.45, 7) is 7.57. The number of aromatic nitrogens is 4. The van der Waals surface area contributed by atoms with Gasteiger partial charge in [-0.1, -0.05) is 53.8 Å². The molecule has 15 heteroatoms. The van der Waals surface area contributed by atoms with Gasteiger partial charge in [0.1, 0.15) is 12.0 Å². The van der Waals surface area contributed by atoms with E-state index in [1.165, 1.54) is 11.0 Å². The van der Waals surface area contributed by atoms with Crippen LogP contribution < -0.4 is 11.5 Å². The van der Waals surface area contributed by atoms with E-state index in [9.17, 15) is 18.4 Å². The molecule has 12 nitrogen and oxygen atoms in total. The standard InChI is InChI=1S/C20H24F2N4O2.C17H21ClN4O2/c1-11-2-5-14(16(22)8-11)18-24-19(28-25-18)15(9-12-3-4-12)17(23)20(27)26-7-6-13(21)10-26;1-10-5-6-12(13(18)9-10)15-20-16(24-21-15)11(2)14(19)17(23)22-7-3-4-8-22/h2,5,8,12-13,15,17H,3-4,6-7,9-10,23H2,1H3;5-6,9,11,14H,3-4,7-8,19H2,1-2H3/t13-,15-,17-;11-,14-/m00/s1. The smallest absolute Gasteiger partial charge is 0.240 e. The minimum Gasteiger partial charge on any atom is -0.341 e. The Labute approximate surface area is 306 Å². The molecule has 52 heavy (non-hydrogen) atoms. The maximum Gasteiger partial charge on any atom is 0.240 e. The van der Waals surface area contributed by atoms with Gasteiger partial charge in [-0.15, -0.1) is 0 Å². The van der Waals surface area contributed by atoms with Crippen molar-refractivity contribution in [1.82, 2.24) is 30.1 Å². The van der Waals surface area contributed by atoms with Crippen molar-refractivity contribution in [3.8, 4) is 22.8 Å². The summed E-state index contributed by atoms with van der Waals surface area (Å²) in [7, 11) is 0. The molecule has 0 spiro atoms. The minimum absolute atomic E-state index is 0.0619. The maximum absolute atomic E-state index is 14.3. The highest BCUT2D eigenvalue weighted by atomic mass is 35.5. The number of hydrogen-bond acceptors (Lipinski definition) is 10. The molecule has 278 valence electrons.